The van der Waals surface area contributed by atoms with Crippen molar-refractivity contribution in [1.82, 2.24) is 19.9 Å². The largest absolute Gasteiger partial charge is 0.426 e. The third-order valence-corrected chi connectivity index (χ3v) is 5.78. The number of nitrogens with zero attached hydrogens (tertiary/aromatic N) is 4. The number of aromatic nitrogens is 4. The second kappa shape index (κ2) is 8.66. The van der Waals surface area contributed by atoms with Crippen LogP contribution in [0.1, 0.15) is 25.7 Å². The molecule has 1 aliphatic rings. The van der Waals surface area contributed by atoms with Crippen molar-refractivity contribution in [1.29, 1.82) is 0 Å². The summed E-state index contributed by atoms with van der Waals surface area (Å²) in [5.41, 5.74) is 1.58. The van der Waals surface area contributed by atoms with Gasteiger partial charge in [0.05, 0.1) is 22.9 Å². The van der Waals surface area contributed by atoms with Gasteiger partial charge in [0.15, 0.2) is 0 Å². The summed E-state index contributed by atoms with van der Waals surface area (Å²) in [4.78, 5) is 41.5. The van der Waals surface area contributed by atoms with Gasteiger partial charge in [-0.25, -0.2) is 19.9 Å². The van der Waals surface area contributed by atoms with Crippen LogP contribution in [0.2, 0.25) is 0 Å². The first-order valence-corrected chi connectivity index (χ1v) is 10.5. The van der Waals surface area contributed by atoms with E-state index in [0.29, 0.717) is 37.2 Å². The second-order valence-electron chi connectivity index (χ2n) is 7.88. The number of ether oxygens (including phenoxy) is 2. The molecule has 0 spiro atoms. The van der Waals surface area contributed by atoms with Crippen LogP contribution >= 0.6 is 0 Å². The Morgan fingerprint density at radius 2 is 1.12 bits per heavy atom. The first-order valence-electron chi connectivity index (χ1n) is 10.5. The molecule has 0 bridgehead atoms. The van der Waals surface area contributed by atoms with Gasteiger partial charge in [0.25, 0.3) is 0 Å². The van der Waals surface area contributed by atoms with Crippen LogP contribution in [0.3, 0.4) is 0 Å². The fourth-order valence-corrected chi connectivity index (χ4v) is 4.02. The summed E-state index contributed by atoms with van der Waals surface area (Å²) in [7, 11) is 0. The number of fused-ring (bicyclic) bond motifs is 2. The van der Waals surface area contributed by atoms with Crippen LogP contribution < -0.4 is 9.47 Å². The maximum absolute atomic E-state index is 12.6. The summed E-state index contributed by atoms with van der Waals surface area (Å²) >= 11 is 0. The molecule has 1 aliphatic carbocycles. The van der Waals surface area contributed by atoms with Crippen molar-refractivity contribution < 1.29 is 19.1 Å². The SMILES string of the molecule is O=C(Oc1ccc2ncncc2c1)C1CCC(C(=O)Oc2ccc3ncncc3c2)CC1. The number of hydrogen-bond donors (Lipinski definition) is 0. The highest BCUT2D eigenvalue weighted by Crippen LogP contribution is 2.32. The van der Waals surface area contributed by atoms with Crippen molar-refractivity contribution in [3.8, 4) is 11.5 Å². The Hall–Kier alpha value is -3.94. The van der Waals surface area contributed by atoms with E-state index in [1.54, 1.807) is 48.8 Å². The van der Waals surface area contributed by atoms with E-state index in [2.05, 4.69) is 19.9 Å². The fraction of sp³-hybridized carbons (Fsp3) is 0.250. The molecule has 160 valence electrons. The predicted molar refractivity (Wildman–Crippen MR) is 116 cm³/mol. The first kappa shape index (κ1) is 20.0. The molecule has 0 N–H and O–H groups in total. The van der Waals surface area contributed by atoms with Crippen molar-refractivity contribution in [2.45, 2.75) is 25.7 Å². The van der Waals surface area contributed by atoms with E-state index in [0.717, 1.165) is 21.8 Å². The monoisotopic (exact) mass is 428 g/mol. The third-order valence-electron chi connectivity index (χ3n) is 5.78. The van der Waals surface area contributed by atoms with Gasteiger partial charge in [-0.3, -0.25) is 9.59 Å². The quantitative estimate of drug-likeness (QED) is 0.356. The van der Waals surface area contributed by atoms with Crippen LogP contribution in [0.4, 0.5) is 0 Å². The number of rotatable bonds is 4. The number of carbonyl (C=O) groups is 2. The van der Waals surface area contributed by atoms with Crippen molar-refractivity contribution in [3.05, 3.63) is 61.4 Å². The molecule has 0 saturated heterocycles. The van der Waals surface area contributed by atoms with Crippen LogP contribution in [-0.2, 0) is 9.59 Å². The molecule has 0 unspecified atom stereocenters. The van der Waals surface area contributed by atoms with Gasteiger partial charge in [-0.1, -0.05) is 0 Å². The van der Waals surface area contributed by atoms with Gasteiger partial charge < -0.3 is 9.47 Å². The molecule has 0 amide bonds. The van der Waals surface area contributed by atoms with E-state index in [-0.39, 0.29) is 23.8 Å². The van der Waals surface area contributed by atoms with Crippen molar-refractivity contribution >= 4 is 33.7 Å². The minimum Gasteiger partial charge on any atom is -0.426 e. The molecule has 4 aromatic rings. The Balaban J connectivity index is 1.16. The average Bonchev–Trinajstić information content (AvgIpc) is 2.84. The number of carbonyl (C=O) groups excluding carboxylic acids is 2. The highest BCUT2D eigenvalue weighted by atomic mass is 16.5. The molecular formula is C24H20N4O4. The van der Waals surface area contributed by atoms with E-state index < -0.39 is 0 Å². The Morgan fingerprint density at radius 1 is 0.688 bits per heavy atom. The maximum Gasteiger partial charge on any atom is 0.314 e. The minimum atomic E-state index is -0.275. The van der Waals surface area contributed by atoms with Crippen LogP contribution in [0, 0.1) is 11.8 Å². The van der Waals surface area contributed by atoms with Gasteiger partial charge in [0.1, 0.15) is 24.2 Å². The molecular weight excluding hydrogens is 408 g/mol. The van der Waals surface area contributed by atoms with Gasteiger partial charge in [-0.2, -0.15) is 0 Å². The predicted octanol–water partition coefficient (Wildman–Crippen LogP) is 3.89. The van der Waals surface area contributed by atoms with Crippen LogP contribution in [0.5, 0.6) is 11.5 Å². The molecule has 2 aromatic heterocycles. The molecule has 0 atom stereocenters. The van der Waals surface area contributed by atoms with E-state index >= 15 is 0 Å². The lowest BCUT2D eigenvalue weighted by atomic mass is 9.82. The van der Waals surface area contributed by atoms with Gasteiger partial charge in [-0.15, -0.1) is 0 Å². The summed E-state index contributed by atoms with van der Waals surface area (Å²) in [6, 6.07) is 10.6. The molecule has 1 saturated carbocycles. The van der Waals surface area contributed by atoms with Gasteiger partial charge in [0.2, 0.25) is 0 Å². The Kier molecular flexibility index (Phi) is 5.41. The minimum absolute atomic E-state index is 0.236. The summed E-state index contributed by atoms with van der Waals surface area (Å²) < 4.78 is 11.1. The molecule has 5 rings (SSSR count). The molecule has 8 nitrogen and oxygen atoms in total. The van der Waals surface area contributed by atoms with E-state index in [1.807, 2.05) is 0 Å². The highest BCUT2D eigenvalue weighted by Gasteiger charge is 2.32. The van der Waals surface area contributed by atoms with Crippen LogP contribution in [-0.4, -0.2) is 31.9 Å². The molecule has 0 radical (unpaired) electrons. The smallest absolute Gasteiger partial charge is 0.314 e. The fourth-order valence-electron chi connectivity index (χ4n) is 4.02. The van der Waals surface area contributed by atoms with E-state index in [9.17, 15) is 9.59 Å². The van der Waals surface area contributed by atoms with E-state index in [4.69, 9.17) is 9.47 Å². The zero-order valence-corrected chi connectivity index (χ0v) is 17.2. The van der Waals surface area contributed by atoms with Crippen LogP contribution in [0.25, 0.3) is 21.8 Å². The molecule has 0 aliphatic heterocycles. The van der Waals surface area contributed by atoms with Gasteiger partial charge in [0, 0.05) is 23.2 Å². The zero-order valence-electron chi connectivity index (χ0n) is 17.2. The van der Waals surface area contributed by atoms with Crippen LogP contribution in [0.15, 0.2) is 61.4 Å². The number of hydrogen-bond acceptors (Lipinski definition) is 8. The third kappa shape index (κ3) is 4.25. The normalized spacial score (nSPS) is 18.4. The summed E-state index contributed by atoms with van der Waals surface area (Å²) in [6.07, 6.45) is 8.65. The molecule has 1 fully saturated rings. The summed E-state index contributed by atoms with van der Waals surface area (Å²) in [5.74, 6) is -0.0810. The summed E-state index contributed by atoms with van der Waals surface area (Å²) in [5, 5.41) is 1.62. The highest BCUT2D eigenvalue weighted by molar-refractivity contribution is 5.83. The maximum atomic E-state index is 12.6. The zero-order chi connectivity index (χ0) is 21.9. The Bertz CT molecular complexity index is 1200. The van der Waals surface area contributed by atoms with Crippen molar-refractivity contribution in [2.75, 3.05) is 0 Å². The lowest BCUT2D eigenvalue weighted by molar-refractivity contribution is -0.145. The van der Waals surface area contributed by atoms with Gasteiger partial charge >= 0.3 is 11.9 Å². The van der Waals surface area contributed by atoms with Crippen molar-refractivity contribution in [2.24, 2.45) is 11.8 Å². The Morgan fingerprint density at radius 3 is 1.56 bits per heavy atom. The number of benzene rings is 2. The molecule has 8 heteroatoms. The number of esters is 2. The lowest BCUT2D eigenvalue weighted by Crippen LogP contribution is -2.30. The standard InChI is InChI=1S/C24H20N4O4/c29-23(31-19-5-7-21-17(9-19)11-25-13-27-21)15-1-2-16(4-3-15)24(30)32-20-6-8-22-18(10-20)12-26-14-28-22/h5-16H,1-4H2. The van der Waals surface area contributed by atoms with Crippen molar-refractivity contribution in [3.63, 3.8) is 0 Å². The van der Waals surface area contributed by atoms with E-state index in [1.165, 1.54) is 12.7 Å². The van der Waals surface area contributed by atoms with Gasteiger partial charge in [-0.05, 0) is 62.1 Å². The second-order valence-corrected chi connectivity index (χ2v) is 7.88. The lowest BCUT2D eigenvalue weighted by Gasteiger charge is -2.25. The topological polar surface area (TPSA) is 104 Å². The molecule has 2 aromatic carbocycles. The molecule has 32 heavy (non-hydrogen) atoms. The summed E-state index contributed by atoms with van der Waals surface area (Å²) in [6.45, 7) is 0. The Labute approximate surface area is 183 Å². The molecule has 2 heterocycles. The first-order chi connectivity index (χ1) is 15.7. The average molecular weight is 428 g/mol.